The van der Waals surface area contributed by atoms with Crippen molar-refractivity contribution in [1.29, 1.82) is 0 Å². The Balaban J connectivity index is 2.04. The number of halogens is 2. The van der Waals surface area contributed by atoms with Crippen LogP contribution in [0.5, 0.6) is 0 Å². The van der Waals surface area contributed by atoms with Crippen LogP contribution in [0.3, 0.4) is 0 Å². The molecule has 1 aromatic carbocycles. The van der Waals surface area contributed by atoms with Crippen molar-refractivity contribution >= 4 is 60.5 Å². The molecule has 0 atom stereocenters. The third kappa shape index (κ3) is 3.42. The fraction of sp³-hybridized carbons (Fsp3) is 0.0909. The van der Waals surface area contributed by atoms with Crippen LogP contribution in [0.2, 0.25) is 0 Å². The van der Waals surface area contributed by atoms with Gasteiger partial charge in [-0.3, -0.25) is 10.1 Å². The molecule has 0 aliphatic carbocycles. The highest BCUT2D eigenvalue weighted by molar-refractivity contribution is 14.1. The maximum Gasteiger partial charge on any atom is 0.324 e. The van der Waals surface area contributed by atoms with Gasteiger partial charge in [0.2, 0.25) is 0 Å². The van der Waals surface area contributed by atoms with Crippen LogP contribution in [0.4, 0.5) is 10.7 Å². The second-order valence-corrected chi connectivity index (χ2v) is 6.52. The number of anilines is 1. The van der Waals surface area contributed by atoms with Crippen molar-refractivity contribution < 1.29 is 4.92 Å². The summed E-state index contributed by atoms with van der Waals surface area (Å²) in [6.45, 7) is 0.573. The zero-order valence-electron chi connectivity index (χ0n) is 9.02. The van der Waals surface area contributed by atoms with Gasteiger partial charge >= 0.3 is 5.00 Å². The summed E-state index contributed by atoms with van der Waals surface area (Å²) < 4.78 is 2.13. The Morgan fingerprint density at radius 3 is 2.83 bits per heavy atom. The van der Waals surface area contributed by atoms with E-state index < -0.39 is 0 Å². The Kier molecular flexibility index (Phi) is 4.57. The van der Waals surface area contributed by atoms with Crippen molar-refractivity contribution in [1.82, 2.24) is 0 Å². The number of nitro groups is 1. The molecule has 4 nitrogen and oxygen atoms in total. The molecule has 2 aromatic rings. The van der Waals surface area contributed by atoms with Gasteiger partial charge in [-0.2, -0.15) is 0 Å². The lowest BCUT2D eigenvalue weighted by atomic mass is 10.3. The molecule has 1 aromatic heterocycles. The molecule has 0 aliphatic heterocycles. The van der Waals surface area contributed by atoms with Gasteiger partial charge in [-0.05, 0) is 62.3 Å². The lowest BCUT2D eigenvalue weighted by molar-refractivity contribution is -0.380. The highest BCUT2D eigenvalue weighted by Gasteiger charge is 2.09. The molecule has 1 heterocycles. The largest absolute Gasteiger partial charge is 0.380 e. The van der Waals surface area contributed by atoms with E-state index in [9.17, 15) is 10.1 Å². The molecule has 0 radical (unpaired) electrons. The molecular weight excluding hydrogens is 431 g/mol. The van der Waals surface area contributed by atoms with Crippen LogP contribution in [0.15, 0.2) is 34.1 Å². The van der Waals surface area contributed by atoms with E-state index in [0.29, 0.717) is 6.54 Å². The number of nitrogens with zero attached hydrogens (tertiary/aromatic N) is 1. The molecule has 0 fully saturated rings. The quantitative estimate of drug-likeness (QED) is 0.430. The Hall–Kier alpha value is -0.670. The molecule has 0 bridgehead atoms. The molecule has 1 N–H and O–H groups in total. The molecule has 0 unspecified atom stereocenters. The normalized spacial score (nSPS) is 10.3. The standard InChI is InChI=1S/C11H8BrIN2O2S/c12-9-4-8(13)1-2-10(9)14-5-7-3-11(15(16)17)18-6-7/h1-4,6,14H,5H2. The Bertz CT molecular complexity index is 588. The van der Waals surface area contributed by atoms with Crippen LogP contribution < -0.4 is 5.32 Å². The number of benzene rings is 1. The summed E-state index contributed by atoms with van der Waals surface area (Å²) in [5.74, 6) is 0. The van der Waals surface area contributed by atoms with Crippen molar-refractivity contribution in [2.45, 2.75) is 6.54 Å². The zero-order valence-corrected chi connectivity index (χ0v) is 13.6. The van der Waals surface area contributed by atoms with Crippen molar-refractivity contribution in [3.63, 3.8) is 0 Å². The second-order valence-electron chi connectivity index (χ2n) is 3.53. The van der Waals surface area contributed by atoms with Crippen LogP contribution in [0.1, 0.15) is 5.56 Å². The van der Waals surface area contributed by atoms with Gasteiger partial charge in [0.25, 0.3) is 0 Å². The van der Waals surface area contributed by atoms with Gasteiger partial charge in [-0.25, -0.2) is 0 Å². The Morgan fingerprint density at radius 1 is 1.44 bits per heavy atom. The minimum atomic E-state index is -0.366. The molecule has 94 valence electrons. The summed E-state index contributed by atoms with van der Waals surface area (Å²) in [5, 5.41) is 15.8. The van der Waals surface area contributed by atoms with Gasteiger partial charge in [0.1, 0.15) is 0 Å². The van der Waals surface area contributed by atoms with Gasteiger partial charge in [-0.1, -0.05) is 11.3 Å². The van der Waals surface area contributed by atoms with Crippen LogP contribution in [-0.2, 0) is 6.54 Å². The van der Waals surface area contributed by atoms with E-state index in [4.69, 9.17) is 0 Å². The first-order valence-electron chi connectivity index (χ1n) is 4.97. The van der Waals surface area contributed by atoms with Gasteiger partial charge in [0.05, 0.1) is 4.92 Å². The van der Waals surface area contributed by atoms with Gasteiger partial charge in [-0.15, -0.1) is 0 Å². The fourth-order valence-electron chi connectivity index (χ4n) is 1.38. The first kappa shape index (κ1) is 13.8. The highest BCUT2D eigenvalue weighted by atomic mass is 127. The van der Waals surface area contributed by atoms with E-state index >= 15 is 0 Å². The number of thiophene rings is 1. The van der Waals surface area contributed by atoms with E-state index in [2.05, 4.69) is 43.8 Å². The third-order valence-corrected chi connectivity index (χ3v) is 4.49. The van der Waals surface area contributed by atoms with Crippen molar-refractivity contribution in [3.8, 4) is 0 Å². The summed E-state index contributed by atoms with van der Waals surface area (Å²) in [6.07, 6.45) is 0. The van der Waals surface area contributed by atoms with Gasteiger partial charge in [0, 0.05) is 31.7 Å². The molecular formula is C11H8BrIN2O2S. The minimum absolute atomic E-state index is 0.175. The molecule has 0 aliphatic rings. The van der Waals surface area contributed by atoms with E-state index in [1.807, 2.05) is 18.2 Å². The number of hydrogen-bond acceptors (Lipinski definition) is 4. The molecule has 0 saturated heterocycles. The molecule has 0 spiro atoms. The van der Waals surface area contributed by atoms with Crippen molar-refractivity contribution in [2.24, 2.45) is 0 Å². The third-order valence-electron chi connectivity index (χ3n) is 2.23. The zero-order chi connectivity index (χ0) is 13.1. The molecule has 2 rings (SSSR count). The molecule has 0 saturated carbocycles. The summed E-state index contributed by atoms with van der Waals surface area (Å²) in [6, 6.07) is 7.59. The van der Waals surface area contributed by atoms with Crippen molar-refractivity contribution in [3.05, 3.63) is 53.4 Å². The number of nitrogens with one attached hydrogen (secondary N) is 1. The smallest absolute Gasteiger partial charge is 0.324 e. The predicted octanol–water partition coefficient (Wildman–Crippen LogP) is 4.64. The maximum absolute atomic E-state index is 10.6. The summed E-state index contributed by atoms with van der Waals surface area (Å²) in [4.78, 5) is 10.2. The number of hydrogen-bond donors (Lipinski definition) is 1. The van der Waals surface area contributed by atoms with Crippen LogP contribution in [-0.4, -0.2) is 4.92 Å². The van der Waals surface area contributed by atoms with E-state index in [0.717, 1.165) is 30.6 Å². The Labute approximate surface area is 130 Å². The topological polar surface area (TPSA) is 55.2 Å². The molecule has 0 amide bonds. The Morgan fingerprint density at radius 2 is 2.22 bits per heavy atom. The fourth-order valence-corrected chi connectivity index (χ4v) is 3.55. The first-order chi connectivity index (χ1) is 8.56. The maximum atomic E-state index is 10.6. The summed E-state index contributed by atoms with van der Waals surface area (Å²) in [5.41, 5.74) is 1.89. The predicted molar refractivity (Wildman–Crippen MR) is 85.2 cm³/mol. The van der Waals surface area contributed by atoms with Crippen LogP contribution >= 0.6 is 49.9 Å². The minimum Gasteiger partial charge on any atom is -0.380 e. The average Bonchev–Trinajstić information content (AvgIpc) is 2.76. The average molecular weight is 439 g/mol. The van der Waals surface area contributed by atoms with Crippen LogP contribution in [0.25, 0.3) is 0 Å². The monoisotopic (exact) mass is 438 g/mol. The molecule has 18 heavy (non-hydrogen) atoms. The van der Waals surface area contributed by atoms with Gasteiger partial charge < -0.3 is 5.32 Å². The highest BCUT2D eigenvalue weighted by Crippen LogP contribution is 2.27. The van der Waals surface area contributed by atoms with E-state index in [1.54, 1.807) is 11.4 Å². The number of rotatable bonds is 4. The summed E-state index contributed by atoms with van der Waals surface area (Å²) in [7, 11) is 0. The second kappa shape index (κ2) is 5.98. The molecule has 7 heteroatoms. The SMILES string of the molecule is O=[N+]([O-])c1cc(CNc2ccc(I)cc2Br)cs1. The van der Waals surface area contributed by atoms with Crippen LogP contribution in [0, 0.1) is 13.7 Å². The lowest BCUT2D eigenvalue weighted by Crippen LogP contribution is -1.98. The van der Waals surface area contributed by atoms with Gasteiger partial charge in [0.15, 0.2) is 0 Å². The van der Waals surface area contributed by atoms with E-state index in [-0.39, 0.29) is 9.92 Å². The first-order valence-corrected chi connectivity index (χ1v) is 7.72. The van der Waals surface area contributed by atoms with Crippen molar-refractivity contribution in [2.75, 3.05) is 5.32 Å². The lowest BCUT2D eigenvalue weighted by Gasteiger charge is -2.07. The summed E-state index contributed by atoms with van der Waals surface area (Å²) >= 11 is 6.87. The van der Waals surface area contributed by atoms with E-state index in [1.165, 1.54) is 0 Å².